The van der Waals surface area contributed by atoms with Crippen LogP contribution >= 0.6 is 0 Å². The molecule has 19 heavy (non-hydrogen) atoms. The number of nitrogens with zero attached hydrogens (tertiary/aromatic N) is 1. The molecule has 0 aromatic heterocycles. The highest BCUT2D eigenvalue weighted by molar-refractivity contribution is 5.82. The zero-order valence-corrected chi connectivity index (χ0v) is 12.1. The smallest absolute Gasteiger partial charge is 0.239 e. The molecule has 2 aliphatic rings. The van der Waals surface area contributed by atoms with Crippen molar-refractivity contribution in [1.82, 2.24) is 4.90 Å². The predicted octanol–water partition coefficient (Wildman–Crippen LogP) is 1.92. The first-order chi connectivity index (χ1) is 9.24. The maximum atomic E-state index is 12.5. The van der Waals surface area contributed by atoms with E-state index in [1.54, 1.807) is 7.11 Å². The van der Waals surface area contributed by atoms with Crippen molar-refractivity contribution in [3.63, 3.8) is 0 Å². The van der Waals surface area contributed by atoms with Crippen molar-refractivity contribution in [2.24, 2.45) is 11.7 Å². The van der Waals surface area contributed by atoms with Gasteiger partial charge in [-0.05, 0) is 44.4 Å². The highest BCUT2D eigenvalue weighted by Crippen LogP contribution is 2.35. The number of carbonyl (C=O) groups is 1. The molecule has 2 atom stereocenters. The van der Waals surface area contributed by atoms with Gasteiger partial charge in [-0.1, -0.05) is 12.8 Å². The van der Waals surface area contributed by atoms with E-state index in [9.17, 15) is 4.79 Å². The monoisotopic (exact) mass is 268 g/mol. The Bertz CT molecular complexity index is 290. The number of rotatable bonds is 6. The standard InChI is InChI=1S/C15H28N2O2/c1-19-11-5-8-13(16)15(18)17-10-4-9-14(17)12-6-2-3-7-12/h12-14H,2-11,16H2,1H3. The third-order valence-electron chi connectivity index (χ3n) is 4.71. The quantitative estimate of drug-likeness (QED) is 0.749. The summed E-state index contributed by atoms with van der Waals surface area (Å²) in [5.74, 6) is 0.906. The van der Waals surface area contributed by atoms with Crippen molar-refractivity contribution in [3.05, 3.63) is 0 Å². The van der Waals surface area contributed by atoms with Crippen molar-refractivity contribution in [2.45, 2.75) is 63.5 Å². The van der Waals surface area contributed by atoms with Gasteiger partial charge in [0.05, 0.1) is 6.04 Å². The second-order valence-corrected chi connectivity index (χ2v) is 6.03. The first kappa shape index (κ1) is 14.8. The minimum Gasteiger partial charge on any atom is -0.385 e. The molecule has 0 bridgehead atoms. The van der Waals surface area contributed by atoms with Crippen molar-refractivity contribution >= 4 is 5.91 Å². The Hall–Kier alpha value is -0.610. The lowest BCUT2D eigenvalue weighted by Gasteiger charge is -2.31. The van der Waals surface area contributed by atoms with E-state index in [2.05, 4.69) is 4.90 Å². The summed E-state index contributed by atoms with van der Waals surface area (Å²) in [4.78, 5) is 14.6. The number of nitrogens with two attached hydrogens (primary N) is 1. The number of hydrogen-bond donors (Lipinski definition) is 1. The molecule has 4 nitrogen and oxygen atoms in total. The lowest BCUT2D eigenvalue weighted by molar-refractivity contribution is -0.134. The van der Waals surface area contributed by atoms with E-state index in [1.807, 2.05) is 0 Å². The van der Waals surface area contributed by atoms with Crippen LogP contribution in [0.2, 0.25) is 0 Å². The topological polar surface area (TPSA) is 55.6 Å². The van der Waals surface area contributed by atoms with Crippen molar-refractivity contribution in [1.29, 1.82) is 0 Å². The zero-order valence-electron chi connectivity index (χ0n) is 12.1. The number of likely N-dealkylation sites (tertiary alicyclic amines) is 1. The molecular formula is C15H28N2O2. The largest absolute Gasteiger partial charge is 0.385 e. The molecule has 4 heteroatoms. The van der Waals surface area contributed by atoms with Crippen LogP contribution in [0.1, 0.15) is 51.4 Å². The second-order valence-electron chi connectivity index (χ2n) is 6.03. The summed E-state index contributed by atoms with van der Waals surface area (Å²) in [6, 6.07) is 0.139. The van der Waals surface area contributed by atoms with Gasteiger partial charge in [0.25, 0.3) is 0 Å². The van der Waals surface area contributed by atoms with Crippen LogP contribution in [0.25, 0.3) is 0 Å². The molecule has 2 unspecified atom stereocenters. The zero-order chi connectivity index (χ0) is 13.7. The molecule has 0 aromatic rings. The van der Waals surface area contributed by atoms with E-state index in [0.29, 0.717) is 12.6 Å². The Kier molecular flexibility index (Phi) is 5.64. The first-order valence-corrected chi connectivity index (χ1v) is 7.79. The SMILES string of the molecule is COCCCC(N)C(=O)N1CCCC1C1CCCC1. The molecule has 1 amide bonds. The Balaban J connectivity index is 1.85. The van der Waals surface area contributed by atoms with E-state index in [4.69, 9.17) is 10.5 Å². The van der Waals surface area contributed by atoms with Gasteiger partial charge in [-0.3, -0.25) is 4.79 Å². The molecule has 1 saturated heterocycles. The minimum absolute atomic E-state index is 0.172. The minimum atomic E-state index is -0.336. The Morgan fingerprint density at radius 2 is 2.05 bits per heavy atom. The van der Waals surface area contributed by atoms with Crippen LogP contribution < -0.4 is 5.73 Å². The molecule has 1 heterocycles. The number of amides is 1. The number of carbonyl (C=O) groups excluding carboxylic acids is 1. The van der Waals surface area contributed by atoms with Gasteiger partial charge in [0.2, 0.25) is 5.91 Å². The van der Waals surface area contributed by atoms with Crippen LogP contribution in [0.5, 0.6) is 0 Å². The van der Waals surface area contributed by atoms with Crippen LogP contribution in [0.4, 0.5) is 0 Å². The van der Waals surface area contributed by atoms with E-state index in [1.165, 1.54) is 32.1 Å². The summed E-state index contributed by atoms with van der Waals surface area (Å²) in [6.07, 6.45) is 9.21. The van der Waals surface area contributed by atoms with Crippen molar-refractivity contribution in [2.75, 3.05) is 20.3 Å². The number of ether oxygens (including phenoxy) is 1. The maximum absolute atomic E-state index is 12.5. The van der Waals surface area contributed by atoms with Gasteiger partial charge >= 0.3 is 0 Å². The molecule has 0 radical (unpaired) electrons. The second kappa shape index (κ2) is 7.25. The van der Waals surface area contributed by atoms with Gasteiger partial charge < -0.3 is 15.4 Å². The van der Waals surface area contributed by atoms with Gasteiger partial charge in [-0.25, -0.2) is 0 Å². The summed E-state index contributed by atoms with van der Waals surface area (Å²) in [7, 11) is 1.68. The fourth-order valence-electron chi connectivity index (χ4n) is 3.68. The summed E-state index contributed by atoms with van der Waals surface area (Å²) in [5, 5.41) is 0. The molecular weight excluding hydrogens is 240 g/mol. The Labute approximate surface area is 116 Å². The lowest BCUT2D eigenvalue weighted by Crippen LogP contribution is -2.47. The van der Waals surface area contributed by atoms with Gasteiger partial charge in [0.1, 0.15) is 0 Å². The van der Waals surface area contributed by atoms with Crippen LogP contribution in [0, 0.1) is 5.92 Å². The molecule has 110 valence electrons. The molecule has 1 saturated carbocycles. The van der Waals surface area contributed by atoms with Crippen molar-refractivity contribution in [3.8, 4) is 0 Å². The van der Waals surface area contributed by atoms with Crippen LogP contribution in [0.15, 0.2) is 0 Å². The Morgan fingerprint density at radius 1 is 1.32 bits per heavy atom. The van der Waals surface area contributed by atoms with Gasteiger partial charge in [0, 0.05) is 26.3 Å². The maximum Gasteiger partial charge on any atom is 0.239 e. The normalized spacial score (nSPS) is 26.0. The van der Waals surface area contributed by atoms with Gasteiger partial charge in [-0.2, -0.15) is 0 Å². The van der Waals surface area contributed by atoms with Crippen molar-refractivity contribution < 1.29 is 9.53 Å². The summed E-state index contributed by atoms with van der Waals surface area (Å²) >= 11 is 0. The molecule has 1 aliphatic heterocycles. The third-order valence-corrected chi connectivity index (χ3v) is 4.71. The van der Waals surface area contributed by atoms with E-state index < -0.39 is 0 Å². The third kappa shape index (κ3) is 3.69. The predicted molar refractivity (Wildman–Crippen MR) is 75.8 cm³/mol. The van der Waals surface area contributed by atoms with E-state index in [0.717, 1.165) is 31.7 Å². The Morgan fingerprint density at radius 3 is 2.74 bits per heavy atom. The van der Waals surface area contributed by atoms with Crippen LogP contribution in [0.3, 0.4) is 0 Å². The molecule has 2 rings (SSSR count). The lowest BCUT2D eigenvalue weighted by atomic mass is 9.95. The average Bonchev–Trinajstić information content (AvgIpc) is 3.08. The van der Waals surface area contributed by atoms with Gasteiger partial charge in [-0.15, -0.1) is 0 Å². The summed E-state index contributed by atoms with van der Waals surface area (Å²) in [5.41, 5.74) is 6.05. The highest BCUT2D eigenvalue weighted by atomic mass is 16.5. The summed E-state index contributed by atoms with van der Waals surface area (Å²) in [6.45, 7) is 1.60. The van der Waals surface area contributed by atoms with Crippen LogP contribution in [-0.2, 0) is 9.53 Å². The van der Waals surface area contributed by atoms with Gasteiger partial charge in [0.15, 0.2) is 0 Å². The average molecular weight is 268 g/mol. The van der Waals surface area contributed by atoms with E-state index in [-0.39, 0.29) is 11.9 Å². The number of methoxy groups -OCH3 is 1. The molecule has 2 fully saturated rings. The fourth-order valence-corrected chi connectivity index (χ4v) is 3.68. The fraction of sp³-hybridized carbons (Fsp3) is 0.933. The molecule has 0 spiro atoms. The highest BCUT2D eigenvalue weighted by Gasteiger charge is 2.37. The molecule has 0 aromatic carbocycles. The number of hydrogen-bond acceptors (Lipinski definition) is 3. The summed E-state index contributed by atoms with van der Waals surface area (Å²) < 4.78 is 5.02. The van der Waals surface area contributed by atoms with Crippen LogP contribution in [-0.4, -0.2) is 43.2 Å². The first-order valence-electron chi connectivity index (χ1n) is 7.79. The molecule has 2 N–H and O–H groups in total. The van der Waals surface area contributed by atoms with E-state index >= 15 is 0 Å². The molecule has 1 aliphatic carbocycles.